The second-order valence-corrected chi connectivity index (χ2v) is 8.14. The molecular formula is C18H21NO4S. The molecule has 0 amide bonds. The fourth-order valence-corrected chi connectivity index (χ4v) is 4.54. The summed E-state index contributed by atoms with van der Waals surface area (Å²) in [6, 6.07) is 6.83. The van der Waals surface area contributed by atoms with Crippen LogP contribution in [0.3, 0.4) is 0 Å². The summed E-state index contributed by atoms with van der Waals surface area (Å²) in [5.41, 5.74) is 4.54. The van der Waals surface area contributed by atoms with Crippen LogP contribution in [-0.4, -0.2) is 38.4 Å². The van der Waals surface area contributed by atoms with E-state index in [-0.39, 0.29) is 17.4 Å². The Bertz CT molecular complexity index is 848. The van der Waals surface area contributed by atoms with E-state index in [1.54, 1.807) is 31.2 Å². The highest BCUT2D eigenvalue weighted by Gasteiger charge is 2.38. The summed E-state index contributed by atoms with van der Waals surface area (Å²) in [6.07, 6.45) is 0.582. The molecular weight excluding hydrogens is 326 g/mol. The number of esters is 1. The van der Waals surface area contributed by atoms with Crippen LogP contribution in [0, 0.1) is 6.92 Å². The van der Waals surface area contributed by atoms with Gasteiger partial charge in [-0.2, -0.15) is 4.31 Å². The molecule has 0 atom stereocenters. The van der Waals surface area contributed by atoms with Crippen LogP contribution in [0.2, 0.25) is 0 Å². The molecule has 0 unspecified atom stereocenters. The van der Waals surface area contributed by atoms with Gasteiger partial charge in [-0.25, -0.2) is 13.2 Å². The van der Waals surface area contributed by atoms with Crippen LogP contribution in [0.4, 0.5) is 0 Å². The van der Waals surface area contributed by atoms with E-state index in [4.69, 9.17) is 4.74 Å². The smallest absolute Gasteiger partial charge is 0.334 e. The Morgan fingerprint density at radius 2 is 1.79 bits per heavy atom. The first-order chi connectivity index (χ1) is 11.3. The topological polar surface area (TPSA) is 63.7 Å². The molecule has 0 saturated heterocycles. The summed E-state index contributed by atoms with van der Waals surface area (Å²) < 4.78 is 32.3. The number of nitrogens with zero attached hydrogens (tertiary/aromatic N) is 1. The van der Waals surface area contributed by atoms with Crippen LogP contribution in [0.5, 0.6) is 0 Å². The van der Waals surface area contributed by atoms with Gasteiger partial charge in [-0.3, -0.25) is 0 Å². The molecule has 0 aromatic heterocycles. The van der Waals surface area contributed by atoms with Crippen molar-refractivity contribution in [3.63, 3.8) is 0 Å². The average molecular weight is 347 g/mol. The summed E-state index contributed by atoms with van der Waals surface area (Å²) in [5.74, 6) is -0.335. The van der Waals surface area contributed by atoms with E-state index in [1.165, 1.54) is 4.31 Å². The van der Waals surface area contributed by atoms with Gasteiger partial charge >= 0.3 is 5.97 Å². The number of rotatable bonds is 4. The summed E-state index contributed by atoms with van der Waals surface area (Å²) in [7, 11) is -3.58. The monoisotopic (exact) mass is 347 g/mol. The maximum atomic E-state index is 12.9. The third kappa shape index (κ3) is 2.80. The van der Waals surface area contributed by atoms with Crippen LogP contribution >= 0.6 is 0 Å². The molecule has 5 nitrogen and oxygen atoms in total. The molecule has 0 radical (unpaired) electrons. The second kappa shape index (κ2) is 6.18. The quantitative estimate of drug-likeness (QED) is 0.786. The van der Waals surface area contributed by atoms with Crippen molar-refractivity contribution in [3.8, 4) is 0 Å². The molecule has 1 heterocycles. The van der Waals surface area contributed by atoms with Crippen LogP contribution in [0.25, 0.3) is 0 Å². The number of carbonyl (C=O) groups is 1. The number of fused-ring (bicyclic) bond motifs is 1. The minimum atomic E-state index is -3.58. The van der Waals surface area contributed by atoms with Gasteiger partial charge in [0, 0.05) is 25.1 Å². The van der Waals surface area contributed by atoms with Gasteiger partial charge in [0.05, 0.1) is 11.5 Å². The fourth-order valence-electron chi connectivity index (χ4n) is 3.10. The van der Waals surface area contributed by atoms with Crippen molar-refractivity contribution in [2.75, 3.05) is 19.7 Å². The second-order valence-electron chi connectivity index (χ2n) is 6.20. The summed E-state index contributed by atoms with van der Waals surface area (Å²) in [5, 5.41) is 0. The lowest BCUT2D eigenvalue weighted by Crippen LogP contribution is -2.41. The summed E-state index contributed by atoms with van der Waals surface area (Å²) >= 11 is 0. The molecule has 1 aromatic rings. The molecule has 1 aromatic carbocycles. The minimum Gasteiger partial charge on any atom is -0.463 e. The zero-order chi connectivity index (χ0) is 17.5. The van der Waals surface area contributed by atoms with E-state index in [9.17, 15) is 13.2 Å². The van der Waals surface area contributed by atoms with Crippen molar-refractivity contribution in [3.05, 3.63) is 52.1 Å². The molecule has 128 valence electrons. The molecule has 0 spiro atoms. The Kier molecular flexibility index (Phi) is 4.36. The zero-order valence-electron chi connectivity index (χ0n) is 14.1. The van der Waals surface area contributed by atoms with E-state index in [0.717, 1.165) is 22.3 Å². The van der Waals surface area contributed by atoms with E-state index in [1.807, 2.05) is 13.8 Å². The van der Waals surface area contributed by atoms with Crippen molar-refractivity contribution in [2.45, 2.75) is 32.1 Å². The summed E-state index contributed by atoms with van der Waals surface area (Å²) in [6.45, 7) is 6.52. The minimum absolute atomic E-state index is 0.233. The molecule has 0 saturated carbocycles. The van der Waals surface area contributed by atoms with Crippen molar-refractivity contribution in [1.82, 2.24) is 4.31 Å². The Hall–Kier alpha value is -1.92. The van der Waals surface area contributed by atoms with Crippen LogP contribution in [-0.2, 0) is 19.6 Å². The molecule has 6 heteroatoms. The van der Waals surface area contributed by atoms with E-state index < -0.39 is 10.0 Å². The maximum Gasteiger partial charge on any atom is 0.334 e. The summed E-state index contributed by atoms with van der Waals surface area (Å²) in [4.78, 5) is 12.3. The van der Waals surface area contributed by atoms with Crippen molar-refractivity contribution < 1.29 is 17.9 Å². The molecule has 1 aliphatic carbocycles. The van der Waals surface area contributed by atoms with Crippen molar-refractivity contribution >= 4 is 16.0 Å². The van der Waals surface area contributed by atoms with Gasteiger partial charge in [0.1, 0.15) is 0 Å². The lowest BCUT2D eigenvalue weighted by atomic mass is 9.78. The van der Waals surface area contributed by atoms with Gasteiger partial charge in [0.25, 0.3) is 0 Å². The molecule has 0 bridgehead atoms. The number of hydrogen-bond acceptors (Lipinski definition) is 4. The first-order valence-corrected chi connectivity index (χ1v) is 9.43. The Morgan fingerprint density at radius 3 is 2.42 bits per heavy atom. The third-order valence-electron chi connectivity index (χ3n) is 4.53. The number of sulfonamides is 1. The zero-order valence-corrected chi connectivity index (χ0v) is 14.9. The molecule has 0 fully saturated rings. The van der Waals surface area contributed by atoms with E-state index >= 15 is 0 Å². The number of carbonyl (C=O) groups excluding carboxylic acids is 1. The molecule has 24 heavy (non-hydrogen) atoms. The van der Waals surface area contributed by atoms with Crippen LogP contribution < -0.4 is 0 Å². The highest BCUT2D eigenvalue weighted by molar-refractivity contribution is 7.89. The van der Waals surface area contributed by atoms with Crippen molar-refractivity contribution in [1.29, 1.82) is 0 Å². The van der Waals surface area contributed by atoms with Crippen LogP contribution in [0.15, 0.2) is 51.5 Å². The maximum absolute atomic E-state index is 12.9. The molecule has 2 aliphatic rings. The lowest BCUT2D eigenvalue weighted by Gasteiger charge is -2.37. The molecule has 3 rings (SSSR count). The lowest BCUT2D eigenvalue weighted by molar-refractivity contribution is -0.138. The fraction of sp³-hybridized carbons (Fsp3) is 0.389. The van der Waals surface area contributed by atoms with Gasteiger partial charge in [0.15, 0.2) is 0 Å². The third-order valence-corrected chi connectivity index (χ3v) is 6.33. The SMILES string of the molecule is CCOC(=O)C1=C2CN(S(=O)(=O)c3ccc(C)cc3)CC(C)=C2C1. The van der Waals surface area contributed by atoms with Crippen molar-refractivity contribution in [2.24, 2.45) is 0 Å². The predicted octanol–water partition coefficient (Wildman–Crippen LogP) is 2.58. The van der Waals surface area contributed by atoms with E-state index in [0.29, 0.717) is 25.1 Å². The normalized spacial score (nSPS) is 18.3. The first-order valence-electron chi connectivity index (χ1n) is 7.99. The predicted molar refractivity (Wildman–Crippen MR) is 90.9 cm³/mol. The van der Waals surface area contributed by atoms with Gasteiger partial charge < -0.3 is 4.74 Å². The van der Waals surface area contributed by atoms with Gasteiger partial charge in [-0.05, 0) is 44.1 Å². The Balaban J connectivity index is 1.92. The van der Waals surface area contributed by atoms with Crippen LogP contribution in [0.1, 0.15) is 25.8 Å². The number of hydrogen-bond donors (Lipinski definition) is 0. The first kappa shape index (κ1) is 16.9. The molecule has 1 aliphatic heterocycles. The molecule has 0 N–H and O–H groups in total. The highest BCUT2D eigenvalue weighted by Crippen LogP contribution is 2.41. The number of benzene rings is 1. The largest absolute Gasteiger partial charge is 0.463 e. The van der Waals surface area contributed by atoms with Gasteiger partial charge in [0.2, 0.25) is 10.0 Å². The highest BCUT2D eigenvalue weighted by atomic mass is 32.2. The Labute approximate surface area is 142 Å². The van der Waals surface area contributed by atoms with Gasteiger partial charge in [-0.1, -0.05) is 23.3 Å². The number of aryl methyl sites for hydroxylation is 1. The van der Waals surface area contributed by atoms with E-state index in [2.05, 4.69) is 0 Å². The Morgan fingerprint density at radius 1 is 1.12 bits per heavy atom. The average Bonchev–Trinajstić information content (AvgIpc) is 2.50. The standard InChI is InChI=1S/C18H21NO4S/c1-4-23-18(20)16-9-15-13(3)10-19(11-17(15)16)24(21,22)14-7-5-12(2)6-8-14/h5-8H,4,9-11H2,1-3H3. The number of ether oxygens (including phenoxy) is 1. The van der Waals surface area contributed by atoms with Gasteiger partial charge in [-0.15, -0.1) is 0 Å².